The van der Waals surface area contributed by atoms with Gasteiger partial charge in [0, 0.05) is 25.2 Å². The smallest absolute Gasteiger partial charge is 0.273 e. The first kappa shape index (κ1) is 23.0. The van der Waals surface area contributed by atoms with Gasteiger partial charge in [0.05, 0.1) is 21.2 Å². The number of aryl methyl sites for hydroxylation is 2. The maximum absolute atomic E-state index is 12.5. The van der Waals surface area contributed by atoms with Gasteiger partial charge in [-0.05, 0) is 44.0 Å². The van der Waals surface area contributed by atoms with Crippen molar-refractivity contribution in [3.05, 3.63) is 75.1 Å². The monoisotopic (exact) mass is 458 g/mol. The highest BCUT2D eigenvalue weighted by atomic mass is 32.2. The minimum absolute atomic E-state index is 0.0144. The van der Waals surface area contributed by atoms with E-state index in [1.165, 1.54) is 22.9 Å². The van der Waals surface area contributed by atoms with E-state index in [4.69, 9.17) is 0 Å². The molecule has 1 amide bonds. The molecular formula is C20H22N6O5S. The molecule has 0 radical (unpaired) electrons. The molecule has 0 aliphatic rings. The molecule has 0 aliphatic carbocycles. The fourth-order valence-electron chi connectivity index (χ4n) is 3.04. The molecule has 2 aromatic carbocycles. The third-order valence-electron chi connectivity index (χ3n) is 4.73. The number of nitrogens with zero attached hydrogens (tertiary/aromatic N) is 4. The van der Waals surface area contributed by atoms with Gasteiger partial charge in [-0.3, -0.25) is 14.9 Å². The van der Waals surface area contributed by atoms with E-state index in [9.17, 15) is 23.3 Å². The molecule has 1 heterocycles. The van der Waals surface area contributed by atoms with Crippen molar-refractivity contribution in [1.29, 1.82) is 0 Å². The van der Waals surface area contributed by atoms with E-state index in [0.29, 0.717) is 16.9 Å². The third kappa shape index (κ3) is 4.98. The molecule has 168 valence electrons. The molecule has 0 unspecified atom stereocenters. The maximum Gasteiger partial charge on any atom is 0.273 e. The van der Waals surface area contributed by atoms with Crippen molar-refractivity contribution >= 4 is 21.6 Å². The van der Waals surface area contributed by atoms with Gasteiger partial charge in [-0.2, -0.15) is 0 Å². The Balaban J connectivity index is 1.63. The number of rotatable bonds is 8. The summed E-state index contributed by atoms with van der Waals surface area (Å²) in [4.78, 5) is 23.1. The summed E-state index contributed by atoms with van der Waals surface area (Å²) in [6.07, 6.45) is 0. The first-order valence-corrected chi connectivity index (χ1v) is 11.1. The Labute approximate surface area is 184 Å². The number of amides is 1. The average molecular weight is 459 g/mol. The number of nitrogens with one attached hydrogen (secondary N) is 2. The van der Waals surface area contributed by atoms with Crippen LogP contribution < -0.4 is 10.0 Å². The topological polar surface area (TPSA) is 149 Å². The number of carbonyl (C=O) groups excluding carboxylic acids is 1. The second-order valence-electron chi connectivity index (χ2n) is 7.13. The van der Waals surface area contributed by atoms with Crippen LogP contribution in [0.3, 0.4) is 0 Å². The number of benzene rings is 2. The van der Waals surface area contributed by atoms with E-state index in [1.807, 2.05) is 13.0 Å². The zero-order valence-corrected chi connectivity index (χ0v) is 18.5. The lowest BCUT2D eigenvalue weighted by atomic mass is 10.2. The zero-order chi connectivity index (χ0) is 23.5. The summed E-state index contributed by atoms with van der Waals surface area (Å²) < 4.78 is 28.8. The molecule has 1 aromatic heterocycles. The van der Waals surface area contributed by atoms with Gasteiger partial charge < -0.3 is 5.32 Å². The quantitative estimate of drug-likeness (QED) is 0.297. The highest BCUT2D eigenvalue weighted by Gasteiger charge is 2.19. The molecule has 11 nitrogen and oxygen atoms in total. The molecule has 12 heteroatoms. The number of hydrogen-bond donors (Lipinski definition) is 2. The van der Waals surface area contributed by atoms with E-state index in [-0.39, 0.29) is 29.4 Å². The standard InChI is InChI=1S/C20H22N6O5S/c1-13-7-8-14(2)18(11-13)32(30,31)22-10-9-21-20(27)19-15(3)25(24-23-19)16-5-4-6-17(12-16)26(28)29/h4-8,11-12,22H,9-10H2,1-3H3,(H,21,27). The second-order valence-corrected chi connectivity index (χ2v) is 8.87. The summed E-state index contributed by atoms with van der Waals surface area (Å²) in [5, 5.41) is 21.3. The summed E-state index contributed by atoms with van der Waals surface area (Å²) in [5.41, 5.74) is 2.16. The molecule has 0 atom stereocenters. The Hall–Kier alpha value is -3.64. The van der Waals surface area contributed by atoms with Crippen LogP contribution in [0.2, 0.25) is 0 Å². The molecule has 0 aliphatic heterocycles. The van der Waals surface area contributed by atoms with Crippen LogP contribution in [0.5, 0.6) is 0 Å². The SMILES string of the molecule is Cc1ccc(C)c(S(=O)(=O)NCCNC(=O)c2nnn(-c3cccc([N+](=O)[O-])c3)c2C)c1. The molecule has 0 bridgehead atoms. The Morgan fingerprint density at radius 2 is 1.88 bits per heavy atom. The van der Waals surface area contributed by atoms with Gasteiger partial charge in [-0.1, -0.05) is 23.4 Å². The minimum Gasteiger partial charge on any atom is -0.349 e. The zero-order valence-electron chi connectivity index (χ0n) is 17.7. The highest BCUT2D eigenvalue weighted by Crippen LogP contribution is 2.18. The molecule has 0 fully saturated rings. The number of aromatic nitrogens is 3. The number of carbonyl (C=O) groups is 1. The van der Waals surface area contributed by atoms with Crippen LogP contribution in [0.4, 0.5) is 5.69 Å². The van der Waals surface area contributed by atoms with E-state index in [2.05, 4.69) is 20.4 Å². The van der Waals surface area contributed by atoms with Crippen LogP contribution in [0.25, 0.3) is 5.69 Å². The van der Waals surface area contributed by atoms with Crippen molar-refractivity contribution < 1.29 is 18.1 Å². The largest absolute Gasteiger partial charge is 0.349 e. The Bertz CT molecular complexity index is 1290. The van der Waals surface area contributed by atoms with Crippen LogP contribution in [0, 0.1) is 30.9 Å². The number of nitro groups is 1. The summed E-state index contributed by atoms with van der Waals surface area (Å²) in [7, 11) is -3.72. The van der Waals surface area contributed by atoms with Crippen LogP contribution >= 0.6 is 0 Å². The molecule has 0 saturated carbocycles. The van der Waals surface area contributed by atoms with E-state index >= 15 is 0 Å². The van der Waals surface area contributed by atoms with Gasteiger partial charge >= 0.3 is 0 Å². The van der Waals surface area contributed by atoms with Crippen molar-refractivity contribution in [2.45, 2.75) is 25.7 Å². The first-order chi connectivity index (χ1) is 15.1. The van der Waals surface area contributed by atoms with Gasteiger partial charge in [0.2, 0.25) is 10.0 Å². The van der Waals surface area contributed by atoms with E-state index in [1.54, 1.807) is 32.0 Å². The Kier molecular flexibility index (Phi) is 6.65. The number of sulfonamides is 1. The Morgan fingerprint density at radius 1 is 1.12 bits per heavy atom. The molecule has 32 heavy (non-hydrogen) atoms. The van der Waals surface area contributed by atoms with Crippen LogP contribution in [-0.4, -0.2) is 47.3 Å². The van der Waals surface area contributed by atoms with Crippen molar-refractivity contribution in [2.24, 2.45) is 0 Å². The van der Waals surface area contributed by atoms with Gasteiger partial charge in [0.15, 0.2) is 5.69 Å². The lowest BCUT2D eigenvalue weighted by Gasteiger charge is -2.10. The van der Waals surface area contributed by atoms with Gasteiger partial charge in [0.1, 0.15) is 0 Å². The van der Waals surface area contributed by atoms with Crippen molar-refractivity contribution in [3.8, 4) is 5.69 Å². The summed E-state index contributed by atoms with van der Waals surface area (Å²) >= 11 is 0. The maximum atomic E-state index is 12.5. The number of non-ortho nitro benzene ring substituents is 1. The van der Waals surface area contributed by atoms with Crippen LogP contribution in [0.1, 0.15) is 27.3 Å². The van der Waals surface area contributed by atoms with Gasteiger partial charge in [-0.15, -0.1) is 5.10 Å². The number of hydrogen-bond acceptors (Lipinski definition) is 7. The number of nitro benzene ring substituents is 1. The van der Waals surface area contributed by atoms with Gasteiger partial charge in [0.25, 0.3) is 11.6 Å². The lowest BCUT2D eigenvalue weighted by Crippen LogP contribution is -2.35. The van der Waals surface area contributed by atoms with Crippen molar-refractivity contribution in [1.82, 2.24) is 25.0 Å². The van der Waals surface area contributed by atoms with Crippen LogP contribution in [-0.2, 0) is 10.0 Å². The molecule has 0 saturated heterocycles. The van der Waals surface area contributed by atoms with Gasteiger partial charge in [-0.25, -0.2) is 17.8 Å². The molecule has 2 N–H and O–H groups in total. The highest BCUT2D eigenvalue weighted by molar-refractivity contribution is 7.89. The minimum atomic E-state index is -3.72. The van der Waals surface area contributed by atoms with Crippen molar-refractivity contribution in [3.63, 3.8) is 0 Å². The summed E-state index contributed by atoms with van der Waals surface area (Å²) in [5.74, 6) is -0.537. The second kappa shape index (κ2) is 9.24. The fraction of sp³-hybridized carbons (Fsp3) is 0.250. The summed E-state index contributed by atoms with van der Waals surface area (Å²) in [6.45, 7) is 5.15. The average Bonchev–Trinajstić information content (AvgIpc) is 3.14. The van der Waals surface area contributed by atoms with E-state index < -0.39 is 20.9 Å². The molecule has 3 aromatic rings. The van der Waals surface area contributed by atoms with Crippen LogP contribution in [0.15, 0.2) is 47.4 Å². The molecular weight excluding hydrogens is 436 g/mol. The first-order valence-electron chi connectivity index (χ1n) is 9.62. The fourth-order valence-corrected chi connectivity index (χ4v) is 4.40. The Morgan fingerprint density at radius 3 is 2.59 bits per heavy atom. The summed E-state index contributed by atoms with van der Waals surface area (Å²) in [6, 6.07) is 11.0. The lowest BCUT2D eigenvalue weighted by molar-refractivity contribution is -0.384. The van der Waals surface area contributed by atoms with E-state index in [0.717, 1.165) is 5.56 Å². The normalized spacial score (nSPS) is 11.3. The molecule has 3 rings (SSSR count). The predicted octanol–water partition coefficient (Wildman–Crippen LogP) is 1.81. The van der Waals surface area contributed by atoms with Crippen molar-refractivity contribution in [2.75, 3.05) is 13.1 Å². The predicted molar refractivity (Wildman–Crippen MR) is 116 cm³/mol. The third-order valence-corrected chi connectivity index (χ3v) is 6.33. The molecule has 0 spiro atoms.